The highest BCUT2D eigenvalue weighted by molar-refractivity contribution is 5.91. The van der Waals surface area contributed by atoms with Gasteiger partial charge in [0.2, 0.25) is 11.8 Å². The SMILES string of the molecule is COc1cc(NC(=O)Cn2nc3c(cc2=O)CN(C(C)=O)CC3)cc(OC)c1. The molecule has 0 unspecified atom stereocenters. The highest BCUT2D eigenvalue weighted by atomic mass is 16.5. The number of hydrogen-bond acceptors (Lipinski definition) is 6. The molecule has 2 aromatic rings. The molecule has 0 atom stereocenters. The molecule has 2 amide bonds. The lowest BCUT2D eigenvalue weighted by molar-refractivity contribution is -0.129. The summed E-state index contributed by atoms with van der Waals surface area (Å²) >= 11 is 0. The Hall–Kier alpha value is -3.36. The van der Waals surface area contributed by atoms with Crippen LogP contribution in [0.2, 0.25) is 0 Å². The van der Waals surface area contributed by atoms with Gasteiger partial charge < -0.3 is 19.7 Å². The predicted octanol–water partition coefficient (Wildman–Crippen LogP) is 0.804. The van der Waals surface area contributed by atoms with Gasteiger partial charge in [0.05, 0.1) is 19.9 Å². The number of aromatic nitrogens is 2. The molecule has 2 heterocycles. The summed E-state index contributed by atoms with van der Waals surface area (Å²) in [5, 5.41) is 7.03. The van der Waals surface area contributed by atoms with Gasteiger partial charge in [-0.2, -0.15) is 5.10 Å². The fourth-order valence-electron chi connectivity index (χ4n) is 3.04. The van der Waals surface area contributed by atoms with Crippen LogP contribution in [0.1, 0.15) is 18.2 Å². The van der Waals surface area contributed by atoms with E-state index in [9.17, 15) is 14.4 Å². The summed E-state index contributed by atoms with van der Waals surface area (Å²) in [5.74, 6) is 0.636. The van der Waals surface area contributed by atoms with E-state index < -0.39 is 5.91 Å². The van der Waals surface area contributed by atoms with Crippen molar-refractivity contribution >= 4 is 17.5 Å². The van der Waals surface area contributed by atoms with Crippen LogP contribution in [-0.2, 0) is 29.1 Å². The maximum absolute atomic E-state index is 12.4. The quantitative estimate of drug-likeness (QED) is 0.816. The van der Waals surface area contributed by atoms with Crippen molar-refractivity contribution in [1.82, 2.24) is 14.7 Å². The summed E-state index contributed by atoms with van der Waals surface area (Å²) in [7, 11) is 3.04. The molecule has 0 saturated heterocycles. The first-order valence-corrected chi connectivity index (χ1v) is 8.78. The van der Waals surface area contributed by atoms with Gasteiger partial charge >= 0.3 is 0 Å². The first-order valence-electron chi connectivity index (χ1n) is 8.78. The van der Waals surface area contributed by atoms with Crippen molar-refractivity contribution in [1.29, 1.82) is 0 Å². The molecule has 148 valence electrons. The van der Waals surface area contributed by atoms with E-state index in [0.717, 1.165) is 15.9 Å². The number of nitrogens with one attached hydrogen (secondary N) is 1. The zero-order chi connectivity index (χ0) is 20.3. The average Bonchev–Trinajstić information content (AvgIpc) is 2.67. The summed E-state index contributed by atoms with van der Waals surface area (Å²) in [4.78, 5) is 37.9. The monoisotopic (exact) mass is 386 g/mol. The lowest BCUT2D eigenvalue weighted by Crippen LogP contribution is -2.38. The summed E-state index contributed by atoms with van der Waals surface area (Å²) in [6, 6.07) is 6.44. The Morgan fingerprint density at radius 1 is 1.14 bits per heavy atom. The Bertz CT molecular complexity index is 947. The van der Waals surface area contributed by atoms with Crippen LogP contribution in [0.3, 0.4) is 0 Å². The minimum absolute atomic E-state index is 0.0390. The molecule has 3 rings (SSSR count). The van der Waals surface area contributed by atoms with Gasteiger partial charge in [0.1, 0.15) is 18.0 Å². The second-order valence-corrected chi connectivity index (χ2v) is 6.45. The Kier molecular flexibility index (Phi) is 5.62. The summed E-state index contributed by atoms with van der Waals surface area (Å²) < 4.78 is 11.5. The summed E-state index contributed by atoms with van der Waals surface area (Å²) in [6.07, 6.45) is 0.546. The van der Waals surface area contributed by atoms with Crippen molar-refractivity contribution in [2.24, 2.45) is 0 Å². The number of anilines is 1. The second kappa shape index (κ2) is 8.12. The van der Waals surface area contributed by atoms with Gasteiger partial charge in [-0.05, 0) is 0 Å². The Balaban J connectivity index is 1.75. The molecule has 1 aliphatic rings. The Morgan fingerprint density at radius 3 is 2.43 bits per heavy atom. The summed E-state index contributed by atoms with van der Waals surface area (Å²) in [6.45, 7) is 2.19. The normalized spacial score (nSPS) is 12.9. The molecule has 1 aromatic carbocycles. The Morgan fingerprint density at radius 2 is 1.82 bits per heavy atom. The Labute approximate surface area is 161 Å². The molecule has 1 N–H and O–H groups in total. The maximum Gasteiger partial charge on any atom is 0.267 e. The molecule has 0 aliphatic carbocycles. The standard InChI is InChI=1S/C19H22N4O5/c1-12(24)22-5-4-17-13(10-22)6-19(26)23(21-17)11-18(25)20-14-7-15(27-2)9-16(8-14)28-3/h6-9H,4-5,10-11H2,1-3H3,(H,20,25). The number of ether oxygens (including phenoxy) is 2. The molecule has 9 heteroatoms. The van der Waals surface area contributed by atoms with Crippen molar-refractivity contribution in [2.45, 2.75) is 26.4 Å². The third kappa shape index (κ3) is 4.30. The van der Waals surface area contributed by atoms with E-state index in [-0.39, 0.29) is 18.0 Å². The van der Waals surface area contributed by atoms with Crippen LogP contribution in [0.5, 0.6) is 11.5 Å². The van der Waals surface area contributed by atoms with Crippen LogP contribution >= 0.6 is 0 Å². The van der Waals surface area contributed by atoms with Crippen LogP contribution in [-0.4, -0.2) is 47.3 Å². The van der Waals surface area contributed by atoms with Crippen LogP contribution in [0.15, 0.2) is 29.1 Å². The smallest absolute Gasteiger partial charge is 0.267 e. The molecular weight excluding hydrogens is 364 g/mol. The number of rotatable bonds is 5. The fourth-order valence-corrected chi connectivity index (χ4v) is 3.04. The first-order chi connectivity index (χ1) is 13.4. The zero-order valence-electron chi connectivity index (χ0n) is 16.0. The van der Waals surface area contributed by atoms with Crippen molar-refractivity contribution in [3.05, 3.63) is 45.9 Å². The van der Waals surface area contributed by atoms with Gasteiger partial charge in [-0.3, -0.25) is 14.4 Å². The molecule has 9 nitrogen and oxygen atoms in total. The molecule has 0 radical (unpaired) electrons. The van der Waals surface area contributed by atoms with Crippen molar-refractivity contribution in [3.63, 3.8) is 0 Å². The molecule has 0 bridgehead atoms. The van der Waals surface area contributed by atoms with Crippen LogP contribution < -0.4 is 20.3 Å². The van der Waals surface area contributed by atoms with Gasteiger partial charge in [0.15, 0.2) is 0 Å². The van der Waals surface area contributed by atoms with E-state index in [2.05, 4.69) is 10.4 Å². The predicted molar refractivity (Wildman–Crippen MR) is 101 cm³/mol. The van der Waals surface area contributed by atoms with Crippen molar-refractivity contribution < 1.29 is 19.1 Å². The lowest BCUT2D eigenvalue weighted by atomic mass is 10.1. The van der Waals surface area contributed by atoms with Gasteiger partial charge in [0.25, 0.3) is 5.56 Å². The van der Waals surface area contributed by atoms with E-state index >= 15 is 0 Å². The maximum atomic E-state index is 12.4. The third-order valence-electron chi connectivity index (χ3n) is 4.52. The van der Waals surface area contributed by atoms with Gasteiger partial charge in [-0.15, -0.1) is 0 Å². The highest BCUT2D eigenvalue weighted by Gasteiger charge is 2.21. The zero-order valence-corrected chi connectivity index (χ0v) is 16.0. The van der Waals surface area contributed by atoms with E-state index in [0.29, 0.717) is 36.7 Å². The van der Waals surface area contributed by atoms with E-state index in [1.807, 2.05) is 0 Å². The molecule has 0 saturated carbocycles. The van der Waals surface area contributed by atoms with Gasteiger partial charge in [-0.25, -0.2) is 4.68 Å². The first kappa shape index (κ1) is 19.4. The molecule has 0 spiro atoms. The van der Waals surface area contributed by atoms with Crippen LogP contribution in [0, 0.1) is 0 Å². The molecule has 0 fully saturated rings. The number of carbonyl (C=O) groups is 2. The number of benzene rings is 1. The largest absolute Gasteiger partial charge is 0.497 e. The van der Waals surface area contributed by atoms with Crippen molar-refractivity contribution in [2.75, 3.05) is 26.1 Å². The number of carbonyl (C=O) groups excluding carboxylic acids is 2. The second-order valence-electron chi connectivity index (χ2n) is 6.45. The molecule has 28 heavy (non-hydrogen) atoms. The van der Waals surface area contributed by atoms with Crippen LogP contribution in [0.25, 0.3) is 0 Å². The van der Waals surface area contributed by atoms with Crippen molar-refractivity contribution in [3.8, 4) is 11.5 Å². The van der Waals surface area contributed by atoms with Gasteiger partial charge in [0, 0.05) is 62.0 Å². The topological polar surface area (TPSA) is 103 Å². The number of hydrogen-bond donors (Lipinski definition) is 1. The fraction of sp³-hybridized carbons (Fsp3) is 0.368. The van der Waals surface area contributed by atoms with Crippen LogP contribution in [0.4, 0.5) is 5.69 Å². The summed E-state index contributed by atoms with van der Waals surface area (Å²) in [5.41, 5.74) is 1.56. The number of methoxy groups -OCH3 is 2. The minimum atomic E-state index is -0.397. The van der Waals surface area contributed by atoms with E-state index in [4.69, 9.17) is 9.47 Å². The number of amides is 2. The minimum Gasteiger partial charge on any atom is -0.497 e. The molecular formula is C19H22N4O5. The number of nitrogens with zero attached hydrogens (tertiary/aromatic N) is 3. The molecule has 1 aromatic heterocycles. The van der Waals surface area contributed by atoms with Gasteiger partial charge in [-0.1, -0.05) is 0 Å². The highest BCUT2D eigenvalue weighted by Crippen LogP contribution is 2.25. The third-order valence-corrected chi connectivity index (χ3v) is 4.52. The average molecular weight is 386 g/mol. The lowest BCUT2D eigenvalue weighted by Gasteiger charge is -2.27. The van der Waals surface area contributed by atoms with E-state index in [1.165, 1.54) is 27.2 Å². The van der Waals surface area contributed by atoms with E-state index in [1.54, 1.807) is 23.1 Å². The molecule has 1 aliphatic heterocycles. The number of fused-ring (bicyclic) bond motifs is 1.